The average Bonchev–Trinajstić information content (AvgIpc) is 2.93. The molecule has 0 saturated carbocycles. The molecule has 0 heterocycles. The Morgan fingerprint density at radius 2 is 0.929 bits per heavy atom. The Hall–Kier alpha value is -4.02. The number of carbonyl (C=O) groups is 5. The van der Waals surface area contributed by atoms with E-state index in [1.54, 1.807) is 11.8 Å². The topological polar surface area (TPSA) is 291 Å². The molecule has 14 nitrogen and oxygen atoms in total. The molecule has 4 unspecified atom stereocenters. The Kier molecular flexibility index (Phi) is 22.6. The van der Waals surface area contributed by atoms with Gasteiger partial charge in [0.05, 0.1) is 6.42 Å². The Bertz CT molecular complexity index is 1020. The minimum absolute atomic E-state index is 0.385. The highest BCUT2D eigenvalue weighted by molar-refractivity contribution is 7.98. The first kappa shape index (κ1) is 40.1. The van der Waals surface area contributed by atoms with E-state index in [1.807, 2.05) is 66.9 Å². The van der Waals surface area contributed by atoms with E-state index in [0.29, 0.717) is 19.3 Å². The molecule has 2 aromatic rings. The van der Waals surface area contributed by atoms with Crippen LogP contribution in [0.15, 0.2) is 60.7 Å². The predicted molar refractivity (Wildman–Crippen MR) is 158 cm³/mol. The third-order valence-electron chi connectivity index (χ3n) is 4.89. The van der Waals surface area contributed by atoms with Crippen molar-refractivity contribution >= 4 is 41.6 Å². The molecule has 0 aliphatic carbocycles. The molecule has 2 aromatic carbocycles. The van der Waals surface area contributed by atoms with Gasteiger partial charge in [-0.25, -0.2) is 0 Å². The van der Waals surface area contributed by atoms with E-state index in [9.17, 15) is 24.0 Å². The zero-order valence-corrected chi connectivity index (χ0v) is 23.9. The highest BCUT2D eigenvalue weighted by Crippen LogP contribution is 2.02. The van der Waals surface area contributed by atoms with Gasteiger partial charge in [0.2, 0.25) is 0 Å². The highest BCUT2D eigenvalue weighted by Gasteiger charge is 2.14. The molecule has 0 spiro atoms. The maximum absolute atomic E-state index is 10.4. The molecular weight excluding hydrogens is 572 g/mol. The van der Waals surface area contributed by atoms with Crippen LogP contribution in [-0.2, 0) is 36.8 Å². The SMILES string of the molecule is CSCCC(N)C(=O)O.NC(CC(=O)O)C(=O)O.NC(Cc1ccccc1)C(=O)O.NC(Cc1ccccc1)C(=O)O. The van der Waals surface area contributed by atoms with Gasteiger partial charge in [0.15, 0.2) is 0 Å². The molecule has 0 amide bonds. The first-order chi connectivity index (χ1) is 19.6. The van der Waals surface area contributed by atoms with Crippen LogP contribution in [0.25, 0.3) is 0 Å². The maximum atomic E-state index is 10.4. The number of nitrogens with two attached hydrogens (primary N) is 4. The molecule has 0 radical (unpaired) electrons. The molecule has 13 N–H and O–H groups in total. The van der Waals surface area contributed by atoms with Gasteiger partial charge in [-0.2, -0.15) is 11.8 Å². The summed E-state index contributed by atoms with van der Waals surface area (Å²) >= 11 is 1.60. The lowest BCUT2D eigenvalue weighted by atomic mass is 10.1. The number of benzene rings is 2. The predicted octanol–water partition coefficient (Wildman–Crippen LogP) is 0.306. The van der Waals surface area contributed by atoms with E-state index in [1.165, 1.54) is 0 Å². The molecule has 0 bridgehead atoms. The van der Waals surface area contributed by atoms with Crippen molar-refractivity contribution in [3.63, 3.8) is 0 Å². The molecule has 15 heteroatoms. The van der Waals surface area contributed by atoms with Crippen LogP contribution in [0.2, 0.25) is 0 Å². The molecule has 2 rings (SSSR count). The summed E-state index contributed by atoms with van der Waals surface area (Å²) < 4.78 is 0. The lowest BCUT2D eigenvalue weighted by molar-refractivity contribution is -0.144. The van der Waals surface area contributed by atoms with Gasteiger partial charge in [0.25, 0.3) is 0 Å². The van der Waals surface area contributed by atoms with Crippen LogP contribution in [0.3, 0.4) is 0 Å². The summed E-state index contributed by atoms with van der Waals surface area (Å²) in [7, 11) is 0. The van der Waals surface area contributed by atoms with Crippen molar-refractivity contribution in [2.75, 3.05) is 12.0 Å². The third kappa shape index (κ3) is 22.8. The first-order valence-electron chi connectivity index (χ1n) is 12.3. The van der Waals surface area contributed by atoms with Crippen molar-refractivity contribution in [2.24, 2.45) is 22.9 Å². The summed E-state index contributed by atoms with van der Waals surface area (Å²) in [6.45, 7) is 0. The fourth-order valence-corrected chi connectivity index (χ4v) is 3.04. The number of thioether (sulfide) groups is 1. The van der Waals surface area contributed by atoms with Gasteiger partial charge in [-0.05, 0) is 42.4 Å². The fourth-order valence-electron chi connectivity index (χ4n) is 2.55. The van der Waals surface area contributed by atoms with Gasteiger partial charge < -0.3 is 48.5 Å². The minimum atomic E-state index is -1.29. The van der Waals surface area contributed by atoms with Gasteiger partial charge in [-0.3, -0.25) is 24.0 Å². The smallest absolute Gasteiger partial charge is 0.321 e. The number of carboxylic acids is 5. The van der Waals surface area contributed by atoms with E-state index < -0.39 is 60.4 Å². The van der Waals surface area contributed by atoms with E-state index in [2.05, 4.69) is 0 Å². The Balaban J connectivity index is 0. The van der Waals surface area contributed by atoms with E-state index in [0.717, 1.165) is 16.9 Å². The van der Waals surface area contributed by atoms with Crippen molar-refractivity contribution < 1.29 is 49.5 Å². The zero-order chi connectivity index (χ0) is 32.7. The van der Waals surface area contributed by atoms with Crippen LogP contribution in [0.4, 0.5) is 0 Å². The van der Waals surface area contributed by atoms with Gasteiger partial charge in [-0.15, -0.1) is 0 Å². The van der Waals surface area contributed by atoms with Crippen molar-refractivity contribution in [2.45, 2.75) is 49.9 Å². The minimum Gasteiger partial charge on any atom is -0.481 e. The summed E-state index contributed by atoms with van der Waals surface area (Å²) in [6.07, 6.45) is 2.72. The normalized spacial score (nSPS) is 12.6. The molecule has 234 valence electrons. The van der Waals surface area contributed by atoms with Crippen LogP contribution < -0.4 is 22.9 Å². The molecule has 0 saturated heterocycles. The van der Waals surface area contributed by atoms with Crippen molar-refractivity contribution in [1.82, 2.24) is 0 Å². The van der Waals surface area contributed by atoms with Gasteiger partial charge in [0, 0.05) is 0 Å². The molecular formula is C27H40N4O10S. The zero-order valence-electron chi connectivity index (χ0n) is 23.1. The van der Waals surface area contributed by atoms with Gasteiger partial charge >= 0.3 is 29.8 Å². The summed E-state index contributed by atoms with van der Waals surface area (Å²) in [6, 6.07) is 15.1. The standard InChI is InChI=1S/2C9H11NO2.C5H11NO2S.C4H7NO4/c2*10-8(9(11)12)6-7-4-2-1-3-5-7;1-9-3-2-4(6)5(7)8;5-2(4(8)9)1-3(6)7/h2*1-5,8H,6,10H2,(H,11,12);4H,2-3,6H2,1H3,(H,7,8);2H,1,5H2,(H,6,7)(H,8,9). The Labute approximate surface area is 247 Å². The number of aliphatic carboxylic acids is 5. The fraction of sp³-hybridized carbons (Fsp3) is 0.370. The summed E-state index contributed by atoms with van der Waals surface area (Å²) in [5.41, 5.74) is 22.6. The maximum Gasteiger partial charge on any atom is 0.321 e. The van der Waals surface area contributed by atoms with E-state index in [-0.39, 0.29) is 0 Å². The van der Waals surface area contributed by atoms with Gasteiger partial charge in [0.1, 0.15) is 24.2 Å². The first-order valence-corrected chi connectivity index (χ1v) is 13.7. The van der Waals surface area contributed by atoms with Crippen LogP contribution in [0, 0.1) is 0 Å². The van der Waals surface area contributed by atoms with Crippen LogP contribution in [0.1, 0.15) is 24.0 Å². The molecule has 0 fully saturated rings. The largest absolute Gasteiger partial charge is 0.481 e. The van der Waals surface area contributed by atoms with Crippen LogP contribution >= 0.6 is 11.8 Å². The Morgan fingerprint density at radius 1 is 0.595 bits per heavy atom. The molecule has 0 aliphatic rings. The number of hydrogen-bond acceptors (Lipinski definition) is 10. The molecule has 0 aromatic heterocycles. The third-order valence-corrected chi connectivity index (χ3v) is 5.54. The molecule has 4 atom stereocenters. The van der Waals surface area contributed by atoms with Crippen LogP contribution in [-0.4, -0.2) is 91.6 Å². The quantitative estimate of drug-likeness (QED) is 0.147. The second-order valence-electron chi connectivity index (χ2n) is 8.54. The summed E-state index contributed by atoms with van der Waals surface area (Å²) in [4.78, 5) is 50.4. The van der Waals surface area contributed by atoms with E-state index >= 15 is 0 Å². The highest BCUT2D eigenvalue weighted by atomic mass is 32.2. The molecule has 0 aliphatic heterocycles. The van der Waals surface area contributed by atoms with Crippen molar-refractivity contribution in [3.8, 4) is 0 Å². The second-order valence-corrected chi connectivity index (χ2v) is 9.52. The molecule has 42 heavy (non-hydrogen) atoms. The number of hydrogen-bond donors (Lipinski definition) is 9. The summed E-state index contributed by atoms with van der Waals surface area (Å²) in [5.74, 6) is -4.52. The second kappa shape index (κ2) is 23.7. The monoisotopic (exact) mass is 612 g/mol. The van der Waals surface area contributed by atoms with Gasteiger partial charge in [-0.1, -0.05) is 60.7 Å². The average molecular weight is 613 g/mol. The number of carboxylic acid groups (broad SMARTS) is 5. The number of rotatable bonds is 13. The lowest BCUT2D eigenvalue weighted by Gasteiger charge is -2.04. The van der Waals surface area contributed by atoms with E-state index in [4.69, 9.17) is 48.5 Å². The summed E-state index contributed by atoms with van der Waals surface area (Å²) in [5, 5.41) is 41.3. The van der Waals surface area contributed by atoms with Crippen molar-refractivity contribution in [3.05, 3.63) is 71.8 Å². The van der Waals surface area contributed by atoms with Crippen molar-refractivity contribution in [1.29, 1.82) is 0 Å². The lowest BCUT2D eigenvalue weighted by Crippen LogP contribution is -2.32. The van der Waals surface area contributed by atoms with Crippen LogP contribution in [0.5, 0.6) is 0 Å². The Morgan fingerprint density at radius 3 is 1.17 bits per heavy atom.